The van der Waals surface area contributed by atoms with E-state index in [0.29, 0.717) is 29.8 Å². The second-order valence-corrected chi connectivity index (χ2v) is 5.55. The first kappa shape index (κ1) is 17.5. The van der Waals surface area contributed by atoms with Gasteiger partial charge in [0.15, 0.2) is 0 Å². The first-order valence-corrected chi connectivity index (χ1v) is 7.48. The van der Waals surface area contributed by atoms with Gasteiger partial charge in [0.05, 0.1) is 5.41 Å². The van der Waals surface area contributed by atoms with Gasteiger partial charge in [0.1, 0.15) is 0 Å². The first-order valence-electron chi connectivity index (χ1n) is 7.10. The Kier molecular flexibility index (Phi) is 6.21. The summed E-state index contributed by atoms with van der Waals surface area (Å²) < 4.78 is 0. The zero-order valence-corrected chi connectivity index (χ0v) is 13.1. The van der Waals surface area contributed by atoms with Crippen LogP contribution in [0.25, 0.3) is 0 Å². The van der Waals surface area contributed by atoms with E-state index in [9.17, 15) is 14.7 Å². The summed E-state index contributed by atoms with van der Waals surface area (Å²) >= 11 is 6.22. The van der Waals surface area contributed by atoms with Gasteiger partial charge in [0, 0.05) is 11.4 Å². The van der Waals surface area contributed by atoms with Gasteiger partial charge in [-0.05, 0) is 30.4 Å². The minimum atomic E-state index is -1.15. The highest BCUT2D eigenvalue weighted by Crippen LogP contribution is 2.43. The number of aliphatic carboxylic acids is 2. The Morgan fingerprint density at radius 3 is 2.29 bits per heavy atom. The fourth-order valence-corrected chi connectivity index (χ4v) is 3.36. The zero-order chi connectivity index (χ0) is 16.0. The monoisotopic (exact) mass is 312 g/mol. The molecule has 21 heavy (non-hydrogen) atoms. The van der Waals surface area contributed by atoms with Crippen molar-refractivity contribution in [2.24, 2.45) is 5.92 Å². The van der Waals surface area contributed by atoms with Crippen LogP contribution in [0.15, 0.2) is 24.3 Å². The van der Waals surface area contributed by atoms with Gasteiger partial charge in [-0.15, -0.1) is 0 Å². The number of carboxylic acids is 2. The second-order valence-electron chi connectivity index (χ2n) is 5.15. The predicted octanol–water partition coefficient (Wildman–Crippen LogP) is 3.96. The number of halogens is 1. The van der Waals surface area contributed by atoms with Gasteiger partial charge in [0.25, 0.3) is 0 Å². The van der Waals surface area contributed by atoms with E-state index in [4.69, 9.17) is 16.7 Å². The van der Waals surface area contributed by atoms with Crippen LogP contribution >= 0.6 is 11.6 Å². The molecule has 0 heterocycles. The van der Waals surface area contributed by atoms with Gasteiger partial charge in [-0.1, -0.05) is 50.1 Å². The molecule has 0 radical (unpaired) electrons. The lowest BCUT2D eigenvalue weighted by molar-refractivity contribution is -0.148. The van der Waals surface area contributed by atoms with Crippen LogP contribution in [0.1, 0.15) is 45.1 Å². The lowest BCUT2D eigenvalue weighted by atomic mass is 9.65. The fourth-order valence-electron chi connectivity index (χ4n) is 3.06. The van der Waals surface area contributed by atoms with E-state index >= 15 is 0 Å². The Hall–Kier alpha value is -1.55. The van der Waals surface area contributed by atoms with E-state index in [-0.39, 0.29) is 12.3 Å². The molecule has 0 aromatic heterocycles. The molecule has 0 amide bonds. The van der Waals surface area contributed by atoms with Crippen molar-refractivity contribution in [3.8, 4) is 0 Å². The Morgan fingerprint density at radius 1 is 1.24 bits per heavy atom. The molecule has 5 heteroatoms. The summed E-state index contributed by atoms with van der Waals surface area (Å²) in [4.78, 5) is 22.9. The average Bonchev–Trinajstić information content (AvgIpc) is 2.44. The molecular formula is C16H21ClO4. The fraction of sp³-hybridized carbons (Fsp3) is 0.500. The normalized spacial score (nSPS) is 15.2. The third-order valence-electron chi connectivity index (χ3n) is 4.19. The van der Waals surface area contributed by atoms with Gasteiger partial charge in [-0.3, -0.25) is 9.59 Å². The van der Waals surface area contributed by atoms with Crippen LogP contribution in [0, 0.1) is 5.92 Å². The molecule has 1 aromatic carbocycles. The van der Waals surface area contributed by atoms with E-state index in [1.54, 1.807) is 31.2 Å². The zero-order valence-electron chi connectivity index (χ0n) is 12.3. The van der Waals surface area contributed by atoms with Crippen molar-refractivity contribution >= 4 is 23.5 Å². The standard InChI is InChI=1S/C16H21ClO4/c1-3-11(9-10-14(18)19)16(4-2,15(20)21)12-7-5-6-8-13(12)17/h5-8,11H,3-4,9-10H2,1-2H3,(H,18,19)(H,20,21). The molecule has 0 aliphatic heterocycles. The molecule has 116 valence electrons. The third-order valence-corrected chi connectivity index (χ3v) is 4.52. The molecule has 2 N–H and O–H groups in total. The van der Waals surface area contributed by atoms with Crippen molar-refractivity contribution in [3.63, 3.8) is 0 Å². The number of carbonyl (C=O) groups is 2. The van der Waals surface area contributed by atoms with Gasteiger partial charge in [-0.2, -0.15) is 0 Å². The summed E-state index contributed by atoms with van der Waals surface area (Å²) in [6.07, 6.45) is 1.22. The largest absolute Gasteiger partial charge is 0.481 e. The van der Waals surface area contributed by atoms with Crippen LogP contribution in [0.3, 0.4) is 0 Å². The molecule has 1 rings (SSSR count). The molecule has 0 saturated carbocycles. The minimum Gasteiger partial charge on any atom is -0.481 e. The highest BCUT2D eigenvalue weighted by atomic mass is 35.5. The average molecular weight is 313 g/mol. The molecule has 0 aliphatic carbocycles. The van der Waals surface area contributed by atoms with Gasteiger partial charge in [0.2, 0.25) is 0 Å². The molecular weight excluding hydrogens is 292 g/mol. The van der Waals surface area contributed by atoms with Crippen molar-refractivity contribution in [2.45, 2.75) is 44.9 Å². The second kappa shape index (κ2) is 7.46. The van der Waals surface area contributed by atoms with E-state index in [0.717, 1.165) is 0 Å². The van der Waals surface area contributed by atoms with Crippen molar-refractivity contribution in [2.75, 3.05) is 0 Å². The third kappa shape index (κ3) is 3.56. The number of hydrogen-bond acceptors (Lipinski definition) is 2. The molecule has 4 nitrogen and oxygen atoms in total. The van der Waals surface area contributed by atoms with Crippen molar-refractivity contribution < 1.29 is 19.8 Å². The Morgan fingerprint density at radius 2 is 1.86 bits per heavy atom. The van der Waals surface area contributed by atoms with E-state index in [2.05, 4.69) is 0 Å². The molecule has 0 fully saturated rings. The highest BCUT2D eigenvalue weighted by Gasteiger charge is 2.46. The number of rotatable bonds is 8. The quantitative estimate of drug-likeness (QED) is 0.761. The molecule has 0 spiro atoms. The van der Waals surface area contributed by atoms with Crippen LogP contribution in [-0.2, 0) is 15.0 Å². The van der Waals surface area contributed by atoms with Crippen LogP contribution in [0.4, 0.5) is 0 Å². The smallest absolute Gasteiger partial charge is 0.314 e. The highest BCUT2D eigenvalue weighted by molar-refractivity contribution is 6.31. The van der Waals surface area contributed by atoms with Crippen LogP contribution in [0.2, 0.25) is 5.02 Å². The number of carboxylic acid groups (broad SMARTS) is 2. The Balaban J connectivity index is 3.34. The Bertz CT molecular complexity index is 515. The van der Waals surface area contributed by atoms with E-state index in [1.165, 1.54) is 0 Å². The maximum atomic E-state index is 12.0. The van der Waals surface area contributed by atoms with Crippen LogP contribution in [0.5, 0.6) is 0 Å². The molecule has 2 unspecified atom stereocenters. The van der Waals surface area contributed by atoms with Gasteiger partial charge >= 0.3 is 11.9 Å². The SMILES string of the molecule is CCC(CCC(=O)O)C(CC)(C(=O)O)c1ccccc1Cl. The summed E-state index contributed by atoms with van der Waals surface area (Å²) in [5, 5.41) is 19.2. The van der Waals surface area contributed by atoms with Gasteiger partial charge in [-0.25, -0.2) is 0 Å². The van der Waals surface area contributed by atoms with Crippen LogP contribution in [-0.4, -0.2) is 22.2 Å². The summed E-state index contributed by atoms with van der Waals surface area (Å²) in [5.74, 6) is -2.14. The topological polar surface area (TPSA) is 74.6 Å². The molecule has 0 aliphatic rings. The van der Waals surface area contributed by atoms with Gasteiger partial charge < -0.3 is 10.2 Å². The lowest BCUT2D eigenvalue weighted by Crippen LogP contribution is -2.43. The molecule has 1 aromatic rings. The van der Waals surface area contributed by atoms with Crippen molar-refractivity contribution in [1.82, 2.24) is 0 Å². The summed E-state index contributed by atoms with van der Waals surface area (Å²) in [6.45, 7) is 3.69. The maximum absolute atomic E-state index is 12.0. The van der Waals surface area contributed by atoms with Crippen LogP contribution < -0.4 is 0 Å². The summed E-state index contributed by atoms with van der Waals surface area (Å²) in [5.41, 5.74) is -0.582. The Labute approximate surface area is 129 Å². The van der Waals surface area contributed by atoms with Crippen molar-refractivity contribution in [3.05, 3.63) is 34.9 Å². The molecule has 0 bridgehead atoms. The van der Waals surface area contributed by atoms with Crippen molar-refractivity contribution in [1.29, 1.82) is 0 Å². The van der Waals surface area contributed by atoms with E-state index in [1.807, 2.05) is 6.92 Å². The predicted molar refractivity (Wildman–Crippen MR) is 81.7 cm³/mol. The first-order chi connectivity index (χ1) is 9.90. The minimum absolute atomic E-state index is 0.0437. The molecule has 2 atom stereocenters. The number of benzene rings is 1. The number of hydrogen-bond donors (Lipinski definition) is 2. The van der Waals surface area contributed by atoms with E-state index < -0.39 is 17.4 Å². The summed E-state index contributed by atoms with van der Waals surface area (Å²) in [7, 11) is 0. The summed E-state index contributed by atoms with van der Waals surface area (Å²) in [6, 6.07) is 6.92. The molecule has 0 saturated heterocycles. The maximum Gasteiger partial charge on any atom is 0.314 e. The lowest BCUT2D eigenvalue weighted by Gasteiger charge is -2.37.